The van der Waals surface area contributed by atoms with Gasteiger partial charge in [-0.3, -0.25) is 5.32 Å². The molecule has 0 bridgehead atoms. The van der Waals surface area contributed by atoms with Gasteiger partial charge in [-0.25, -0.2) is 4.79 Å². The summed E-state index contributed by atoms with van der Waals surface area (Å²) < 4.78 is 0. The Morgan fingerprint density at radius 1 is 1.78 bits per heavy atom. The van der Waals surface area contributed by atoms with Crippen molar-refractivity contribution >= 4 is 23.4 Å². The van der Waals surface area contributed by atoms with E-state index >= 15 is 0 Å². The molecule has 0 aromatic heterocycles. The van der Waals surface area contributed by atoms with Crippen molar-refractivity contribution < 1.29 is 9.90 Å². The Hall–Kier alpha value is -0.840. The van der Waals surface area contributed by atoms with E-state index in [-0.39, 0.29) is 5.11 Å². The first kappa shape index (κ1) is 8.16. The van der Waals surface area contributed by atoms with Crippen molar-refractivity contribution in [3.8, 4) is 0 Å². The molecule has 0 saturated carbocycles. The SMILES string of the molecule is CCNC(=S)NC(=O)O. The number of hydrogen-bond donors (Lipinski definition) is 3. The molecule has 0 aliphatic heterocycles. The van der Waals surface area contributed by atoms with Gasteiger partial charge in [0.25, 0.3) is 0 Å². The Labute approximate surface area is 58.2 Å². The first-order chi connectivity index (χ1) is 4.16. The molecular weight excluding hydrogens is 140 g/mol. The summed E-state index contributed by atoms with van der Waals surface area (Å²) >= 11 is 4.53. The molecule has 0 fully saturated rings. The molecule has 3 N–H and O–H groups in total. The minimum atomic E-state index is -1.14. The zero-order valence-electron chi connectivity index (χ0n) is 4.97. The predicted octanol–water partition coefficient (Wildman–Crippen LogP) is 0.148. The minimum absolute atomic E-state index is 0.144. The van der Waals surface area contributed by atoms with Crippen molar-refractivity contribution in [1.29, 1.82) is 0 Å². The van der Waals surface area contributed by atoms with Crippen LogP contribution in [0.3, 0.4) is 0 Å². The third kappa shape index (κ3) is 5.02. The van der Waals surface area contributed by atoms with E-state index in [0.29, 0.717) is 6.54 Å². The van der Waals surface area contributed by atoms with Crippen LogP contribution in [0.2, 0.25) is 0 Å². The summed E-state index contributed by atoms with van der Waals surface area (Å²) in [5.74, 6) is 0. The molecule has 0 rings (SSSR count). The van der Waals surface area contributed by atoms with Crippen LogP contribution in [0.1, 0.15) is 6.92 Å². The lowest BCUT2D eigenvalue weighted by Crippen LogP contribution is -2.38. The number of amides is 1. The largest absolute Gasteiger partial charge is 0.465 e. The van der Waals surface area contributed by atoms with Gasteiger partial charge in [0.2, 0.25) is 0 Å². The van der Waals surface area contributed by atoms with Crippen molar-refractivity contribution in [3.63, 3.8) is 0 Å². The lowest BCUT2D eigenvalue weighted by atomic mass is 10.7. The third-order valence-electron chi connectivity index (χ3n) is 0.558. The molecule has 0 unspecified atom stereocenters. The Bertz CT molecular complexity index is 126. The number of carboxylic acid groups (broad SMARTS) is 1. The second-order valence-corrected chi connectivity index (χ2v) is 1.70. The maximum absolute atomic E-state index is 9.85. The number of hydrogen-bond acceptors (Lipinski definition) is 2. The van der Waals surface area contributed by atoms with Crippen LogP contribution in [0.5, 0.6) is 0 Å². The number of thiocarbonyl (C=S) groups is 1. The average Bonchev–Trinajstić information content (AvgIpc) is 1.63. The summed E-state index contributed by atoms with van der Waals surface area (Å²) in [6.07, 6.45) is -1.14. The second-order valence-electron chi connectivity index (χ2n) is 1.29. The van der Waals surface area contributed by atoms with E-state index in [1.807, 2.05) is 12.2 Å². The molecule has 1 amide bonds. The monoisotopic (exact) mass is 148 g/mol. The quantitative estimate of drug-likeness (QED) is 0.463. The molecule has 0 aromatic carbocycles. The lowest BCUT2D eigenvalue weighted by molar-refractivity contribution is 0.200. The molecule has 0 radical (unpaired) electrons. The predicted molar refractivity (Wildman–Crippen MR) is 37.4 cm³/mol. The van der Waals surface area contributed by atoms with Crippen LogP contribution in [0, 0.1) is 0 Å². The van der Waals surface area contributed by atoms with Crippen molar-refractivity contribution in [3.05, 3.63) is 0 Å². The summed E-state index contributed by atoms with van der Waals surface area (Å²) in [7, 11) is 0. The molecule has 0 aliphatic carbocycles. The molecule has 0 aromatic rings. The molecular formula is C4H8N2O2S. The Morgan fingerprint density at radius 2 is 2.33 bits per heavy atom. The van der Waals surface area contributed by atoms with Crippen LogP contribution >= 0.6 is 12.2 Å². The Morgan fingerprint density at radius 3 is 2.67 bits per heavy atom. The van der Waals surface area contributed by atoms with Gasteiger partial charge >= 0.3 is 6.09 Å². The fourth-order valence-electron chi connectivity index (χ4n) is 0.302. The van der Waals surface area contributed by atoms with E-state index in [9.17, 15) is 4.79 Å². The van der Waals surface area contributed by atoms with Crippen molar-refractivity contribution in [2.45, 2.75) is 6.92 Å². The van der Waals surface area contributed by atoms with Crippen LogP contribution in [-0.2, 0) is 0 Å². The molecule has 52 valence electrons. The van der Waals surface area contributed by atoms with Gasteiger partial charge in [0.15, 0.2) is 5.11 Å². The molecule has 0 spiro atoms. The maximum atomic E-state index is 9.85. The highest BCUT2D eigenvalue weighted by Gasteiger charge is 1.96. The van der Waals surface area contributed by atoms with Crippen molar-refractivity contribution in [1.82, 2.24) is 10.6 Å². The molecule has 0 aliphatic rings. The fraction of sp³-hybridized carbons (Fsp3) is 0.500. The molecule has 9 heavy (non-hydrogen) atoms. The van der Waals surface area contributed by atoms with Crippen LogP contribution in [0.15, 0.2) is 0 Å². The molecule has 0 atom stereocenters. The van der Waals surface area contributed by atoms with Gasteiger partial charge in [-0.1, -0.05) is 0 Å². The zero-order chi connectivity index (χ0) is 7.28. The smallest absolute Gasteiger partial charge is 0.410 e. The van der Waals surface area contributed by atoms with E-state index in [1.54, 1.807) is 0 Å². The fourth-order valence-corrected chi connectivity index (χ4v) is 0.534. The first-order valence-corrected chi connectivity index (χ1v) is 2.85. The van der Waals surface area contributed by atoms with Crippen LogP contribution in [-0.4, -0.2) is 22.9 Å². The van der Waals surface area contributed by atoms with E-state index in [1.165, 1.54) is 0 Å². The molecule has 5 heteroatoms. The molecule has 4 nitrogen and oxygen atoms in total. The summed E-state index contributed by atoms with van der Waals surface area (Å²) in [5.41, 5.74) is 0. The van der Waals surface area contributed by atoms with Gasteiger partial charge in [-0.15, -0.1) is 0 Å². The number of rotatable bonds is 1. The van der Waals surface area contributed by atoms with Crippen LogP contribution in [0.25, 0.3) is 0 Å². The summed E-state index contributed by atoms with van der Waals surface area (Å²) in [6.45, 7) is 2.45. The van der Waals surface area contributed by atoms with Gasteiger partial charge in [0, 0.05) is 6.54 Å². The Balaban J connectivity index is 3.39. The summed E-state index contributed by atoms with van der Waals surface area (Å²) in [4.78, 5) is 9.85. The van der Waals surface area contributed by atoms with E-state index in [2.05, 4.69) is 17.5 Å². The van der Waals surface area contributed by atoms with Gasteiger partial charge in [-0.05, 0) is 19.1 Å². The normalized spacial score (nSPS) is 8.11. The van der Waals surface area contributed by atoms with Crippen molar-refractivity contribution in [2.24, 2.45) is 0 Å². The second kappa shape index (κ2) is 4.08. The van der Waals surface area contributed by atoms with E-state index < -0.39 is 6.09 Å². The summed E-state index contributed by atoms with van der Waals surface area (Å²) in [6, 6.07) is 0. The highest BCUT2D eigenvalue weighted by atomic mass is 32.1. The topological polar surface area (TPSA) is 61.4 Å². The van der Waals surface area contributed by atoms with Crippen LogP contribution < -0.4 is 10.6 Å². The van der Waals surface area contributed by atoms with Gasteiger partial charge < -0.3 is 10.4 Å². The molecule has 0 saturated heterocycles. The maximum Gasteiger partial charge on any atom is 0.410 e. The number of carbonyl (C=O) groups is 1. The highest BCUT2D eigenvalue weighted by Crippen LogP contribution is 1.65. The lowest BCUT2D eigenvalue weighted by Gasteiger charge is -2.01. The van der Waals surface area contributed by atoms with Crippen LogP contribution in [0.4, 0.5) is 4.79 Å². The van der Waals surface area contributed by atoms with Gasteiger partial charge in [-0.2, -0.15) is 0 Å². The Kier molecular flexibility index (Phi) is 3.70. The summed E-state index contributed by atoms with van der Waals surface area (Å²) in [5, 5.41) is 12.8. The standard InChI is InChI=1S/C4H8N2O2S/c1-2-5-3(9)6-4(7)8/h2H2,1H3,(H,7,8)(H2,5,6,9). The average molecular weight is 148 g/mol. The zero-order valence-corrected chi connectivity index (χ0v) is 5.79. The number of nitrogens with one attached hydrogen (secondary N) is 2. The van der Waals surface area contributed by atoms with E-state index in [0.717, 1.165) is 0 Å². The van der Waals surface area contributed by atoms with E-state index in [4.69, 9.17) is 5.11 Å². The van der Waals surface area contributed by atoms with Gasteiger partial charge in [0.1, 0.15) is 0 Å². The molecule has 0 heterocycles. The third-order valence-corrected chi connectivity index (χ3v) is 0.804. The highest BCUT2D eigenvalue weighted by molar-refractivity contribution is 7.80. The minimum Gasteiger partial charge on any atom is -0.465 e. The van der Waals surface area contributed by atoms with Gasteiger partial charge in [0.05, 0.1) is 0 Å². The van der Waals surface area contributed by atoms with Crippen molar-refractivity contribution in [2.75, 3.05) is 6.54 Å². The first-order valence-electron chi connectivity index (χ1n) is 2.44.